The summed E-state index contributed by atoms with van der Waals surface area (Å²) in [4.78, 5) is 10.7. The predicted octanol–water partition coefficient (Wildman–Crippen LogP) is 4.50. The van der Waals surface area contributed by atoms with Gasteiger partial charge >= 0.3 is 12.2 Å². The molecule has 0 aliphatic rings. The Labute approximate surface area is 138 Å². The molecule has 0 N–H and O–H groups in total. The Morgan fingerprint density at radius 3 is 2.50 bits per heavy atom. The molecule has 4 nitrogen and oxygen atoms in total. The molecule has 0 bridgehead atoms. The molecule has 0 amide bonds. The molecular weight excluding hydrogens is 350 g/mol. The fourth-order valence-corrected chi connectivity index (χ4v) is 2.33. The normalized spacial score (nSPS) is 13.0. The number of benzene rings is 1. The first-order valence-electron chi connectivity index (χ1n) is 6.60. The molecular formula is C15H8ClF4N3O. The van der Waals surface area contributed by atoms with Crippen molar-refractivity contribution >= 4 is 22.5 Å². The highest BCUT2D eigenvalue weighted by molar-refractivity contribution is 6.31. The van der Waals surface area contributed by atoms with Crippen molar-refractivity contribution in [2.24, 2.45) is 0 Å². The largest absolute Gasteiger partial charge is 0.445 e. The molecule has 1 atom stereocenters. The van der Waals surface area contributed by atoms with Crippen LogP contribution in [0.5, 0.6) is 6.01 Å². The summed E-state index contributed by atoms with van der Waals surface area (Å²) in [5.41, 5.74) is 0.0787. The van der Waals surface area contributed by atoms with Crippen LogP contribution in [0.3, 0.4) is 0 Å². The lowest BCUT2D eigenvalue weighted by Crippen LogP contribution is -2.27. The SMILES string of the molecule is Fc1ccnc(OC(c2ccnc3cc(Cl)ccc23)C(F)(F)F)n1. The van der Waals surface area contributed by atoms with Crippen molar-refractivity contribution in [3.05, 3.63) is 59.3 Å². The number of hydrogen-bond acceptors (Lipinski definition) is 4. The van der Waals surface area contributed by atoms with Crippen LogP contribution in [0.2, 0.25) is 5.02 Å². The molecule has 0 saturated heterocycles. The smallest absolute Gasteiger partial charge is 0.429 e. The maximum atomic E-state index is 13.5. The molecule has 0 saturated carbocycles. The van der Waals surface area contributed by atoms with E-state index in [-0.39, 0.29) is 16.5 Å². The zero-order chi connectivity index (χ0) is 17.3. The van der Waals surface area contributed by atoms with Crippen LogP contribution in [0.1, 0.15) is 11.7 Å². The topological polar surface area (TPSA) is 47.9 Å². The van der Waals surface area contributed by atoms with Crippen LogP contribution in [-0.2, 0) is 0 Å². The van der Waals surface area contributed by atoms with Crippen molar-refractivity contribution in [1.29, 1.82) is 0 Å². The lowest BCUT2D eigenvalue weighted by atomic mass is 10.0. The van der Waals surface area contributed by atoms with Crippen molar-refractivity contribution in [1.82, 2.24) is 15.0 Å². The first kappa shape index (κ1) is 16.4. The summed E-state index contributed by atoms with van der Waals surface area (Å²) in [7, 11) is 0. The Hall–Kier alpha value is -2.48. The number of nitrogens with zero attached hydrogens (tertiary/aromatic N) is 3. The minimum Gasteiger partial charge on any atom is -0.445 e. The van der Waals surface area contributed by atoms with Crippen LogP contribution < -0.4 is 4.74 Å². The van der Waals surface area contributed by atoms with E-state index in [0.717, 1.165) is 12.3 Å². The highest BCUT2D eigenvalue weighted by Crippen LogP contribution is 2.38. The van der Waals surface area contributed by atoms with Gasteiger partial charge in [-0.2, -0.15) is 22.5 Å². The van der Waals surface area contributed by atoms with E-state index < -0.39 is 24.2 Å². The van der Waals surface area contributed by atoms with E-state index in [1.165, 1.54) is 30.5 Å². The Balaban J connectivity index is 2.10. The van der Waals surface area contributed by atoms with E-state index in [9.17, 15) is 17.6 Å². The number of rotatable bonds is 3. The maximum absolute atomic E-state index is 13.5. The fraction of sp³-hybridized carbons (Fsp3) is 0.133. The van der Waals surface area contributed by atoms with Gasteiger partial charge in [0.15, 0.2) is 0 Å². The summed E-state index contributed by atoms with van der Waals surface area (Å²) in [6.45, 7) is 0. The number of hydrogen-bond donors (Lipinski definition) is 0. The van der Waals surface area contributed by atoms with Gasteiger partial charge in [-0.05, 0) is 18.2 Å². The van der Waals surface area contributed by atoms with E-state index in [1.54, 1.807) is 0 Å². The highest BCUT2D eigenvalue weighted by atomic mass is 35.5. The summed E-state index contributed by atoms with van der Waals surface area (Å²) >= 11 is 5.83. The number of aromatic nitrogens is 3. The molecule has 2 aromatic heterocycles. The molecule has 0 spiro atoms. The van der Waals surface area contributed by atoms with Crippen LogP contribution in [0.15, 0.2) is 42.7 Å². The Morgan fingerprint density at radius 1 is 1.04 bits per heavy atom. The molecule has 2 heterocycles. The van der Waals surface area contributed by atoms with Crippen molar-refractivity contribution in [3.8, 4) is 6.01 Å². The summed E-state index contributed by atoms with van der Waals surface area (Å²) in [5.74, 6) is -0.993. The van der Waals surface area contributed by atoms with Crippen LogP contribution in [0, 0.1) is 5.95 Å². The fourth-order valence-electron chi connectivity index (χ4n) is 2.16. The highest BCUT2D eigenvalue weighted by Gasteiger charge is 2.44. The molecule has 0 aliphatic heterocycles. The van der Waals surface area contributed by atoms with Gasteiger partial charge in [-0.3, -0.25) is 4.98 Å². The second-order valence-electron chi connectivity index (χ2n) is 4.76. The zero-order valence-electron chi connectivity index (χ0n) is 11.8. The van der Waals surface area contributed by atoms with Gasteiger partial charge in [-0.15, -0.1) is 0 Å². The lowest BCUT2D eigenvalue weighted by Gasteiger charge is -2.22. The molecule has 3 rings (SSSR count). The van der Waals surface area contributed by atoms with Crippen molar-refractivity contribution in [3.63, 3.8) is 0 Å². The van der Waals surface area contributed by atoms with Crippen LogP contribution in [0.4, 0.5) is 17.6 Å². The summed E-state index contributed by atoms with van der Waals surface area (Å²) < 4.78 is 58.3. The average molecular weight is 358 g/mol. The van der Waals surface area contributed by atoms with Gasteiger partial charge in [0, 0.05) is 34.4 Å². The van der Waals surface area contributed by atoms with E-state index in [0.29, 0.717) is 5.02 Å². The number of pyridine rings is 1. The van der Waals surface area contributed by atoms with Gasteiger partial charge < -0.3 is 4.74 Å². The molecule has 0 aliphatic carbocycles. The van der Waals surface area contributed by atoms with Crippen LogP contribution in [-0.4, -0.2) is 21.1 Å². The van der Waals surface area contributed by atoms with Gasteiger partial charge in [0.05, 0.1) is 5.52 Å². The van der Waals surface area contributed by atoms with E-state index in [2.05, 4.69) is 15.0 Å². The van der Waals surface area contributed by atoms with E-state index >= 15 is 0 Å². The minimum absolute atomic E-state index is 0.197. The molecule has 9 heteroatoms. The predicted molar refractivity (Wildman–Crippen MR) is 78.2 cm³/mol. The third kappa shape index (κ3) is 3.38. The van der Waals surface area contributed by atoms with Crippen molar-refractivity contribution < 1.29 is 22.3 Å². The molecule has 0 radical (unpaired) electrons. The lowest BCUT2D eigenvalue weighted by molar-refractivity contribution is -0.199. The summed E-state index contributed by atoms with van der Waals surface area (Å²) in [6.07, 6.45) is -4.98. The molecule has 124 valence electrons. The number of fused-ring (bicyclic) bond motifs is 1. The summed E-state index contributed by atoms with van der Waals surface area (Å²) in [5, 5.41) is 0.547. The number of halogens is 5. The Bertz CT molecular complexity index is 888. The second kappa shape index (κ2) is 6.20. The molecule has 1 aromatic carbocycles. The first-order valence-corrected chi connectivity index (χ1v) is 6.98. The maximum Gasteiger partial charge on any atom is 0.429 e. The third-order valence-electron chi connectivity index (χ3n) is 3.14. The molecule has 3 aromatic rings. The van der Waals surface area contributed by atoms with E-state index in [1.807, 2.05) is 0 Å². The summed E-state index contributed by atoms with van der Waals surface area (Å²) in [6, 6.07) is 5.66. The zero-order valence-corrected chi connectivity index (χ0v) is 12.5. The van der Waals surface area contributed by atoms with Gasteiger partial charge in [0.2, 0.25) is 12.1 Å². The van der Waals surface area contributed by atoms with Crippen molar-refractivity contribution in [2.45, 2.75) is 12.3 Å². The first-order chi connectivity index (χ1) is 11.3. The quantitative estimate of drug-likeness (QED) is 0.511. The third-order valence-corrected chi connectivity index (χ3v) is 3.38. The van der Waals surface area contributed by atoms with Gasteiger partial charge in [0.1, 0.15) is 0 Å². The van der Waals surface area contributed by atoms with Crippen LogP contribution in [0.25, 0.3) is 10.9 Å². The Kier molecular flexibility index (Phi) is 4.23. The van der Waals surface area contributed by atoms with Crippen molar-refractivity contribution in [2.75, 3.05) is 0 Å². The van der Waals surface area contributed by atoms with E-state index in [4.69, 9.17) is 16.3 Å². The van der Waals surface area contributed by atoms with Gasteiger partial charge in [0.25, 0.3) is 0 Å². The number of ether oxygens (including phenoxy) is 1. The average Bonchev–Trinajstić information content (AvgIpc) is 2.51. The number of alkyl halides is 3. The molecule has 1 unspecified atom stereocenters. The monoisotopic (exact) mass is 357 g/mol. The van der Waals surface area contributed by atoms with Gasteiger partial charge in [-0.1, -0.05) is 17.7 Å². The molecule has 24 heavy (non-hydrogen) atoms. The Morgan fingerprint density at radius 2 is 1.79 bits per heavy atom. The molecule has 0 fully saturated rings. The second-order valence-corrected chi connectivity index (χ2v) is 5.20. The van der Waals surface area contributed by atoms with Crippen LogP contribution >= 0.6 is 11.6 Å². The van der Waals surface area contributed by atoms with Gasteiger partial charge in [-0.25, -0.2) is 4.98 Å². The minimum atomic E-state index is -4.77. The standard InChI is InChI=1S/C15H8ClF4N3O/c16-8-1-2-9-10(3-5-21-11(9)7-8)13(15(18,19)20)24-14-22-6-4-12(17)23-14/h1-7,13H.